The monoisotopic (exact) mass is 475 g/mol. The molecule has 0 aliphatic heterocycles. The van der Waals surface area contributed by atoms with Crippen molar-refractivity contribution in [3.8, 4) is 10.6 Å². The average Bonchev–Trinajstić information content (AvgIpc) is 3.27. The van der Waals surface area contributed by atoms with E-state index in [1.165, 1.54) is 38.9 Å². The molecule has 3 aromatic rings. The number of aromatic nitrogens is 1. The molecule has 0 bridgehead atoms. The van der Waals surface area contributed by atoms with E-state index < -0.39 is 0 Å². The fourth-order valence-corrected chi connectivity index (χ4v) is 5.15. The Morgan fingerprint density at radius 3 is 2.72 bits per heavy atom. The third kappa shape index (κ3) is 4.68. The molecule has 3 aromatic heterocycles. The lowest BCUT2D eigenvalue weighted by Gasteiger charge is -2.15. The minimum absolute atomic E-state index is 0.0475. The molecule has 3 rings (SSSR count). The molecule has 3 heterocycles. The van der Waals surface area contributed by atoms with Crippen molar-refractivity contribution in [2.75, 3.05) is 18.9 Å². The van der Waals surface area contributed by atoms with Gasteiger partial charge in [0, 0.05) is 12.4 Å². The van der Waals surface area contributed by atoms with Crippen LogP contribution in [0.1, 0.15) is 9.67 Å². The Hall–Kier alpha value is -1.26. The maximum Gasteiger partial charge on any atom is 0.264 e. The molecule has 0 unspecified atom stereocenters. The first-order chi connectivity index (χ1) is 11.9. The summed E-state index contributed by atoms with van der Waals surface area (Å²) in [6, 6.07) is 7.23. The van der Waals surface area contributed by atoms with Gasteiger partial charge in [-0.3, -0.25) is 9.59 Å². The number of thiazole rings is 1. The van der Waals surface area contributed by atoms with Crippen LogP contribution in [0.4, 0.5) is 5.13 Å². The van der Waals surface area contributed by atoms with Gasteiger partial charge in [0.2, 0.25) is 5.91 Å². The number of halogens is 2. The molecular formula is C15H11BrClN3O2S3. The van der Waals surface area contributed by atoms with Crippen molar-refractivity contribution >= 4 is 78.5 Å². The molecule has 0 spiro atoms. The molecule has 0 saturated carbocycles. The van der Waals surface area contributed by atoms with Gasteiger partial charge in [0.25, 0.3) is 5.91 Å². The van der Waals surface area contributed by atoms with E-state index in [2.05, 4.69) is 26.2 Å². The van der Waals surface area contributed by atoms with Gasteiger partial charge in [-0.2, -0.15) is 0 Å². The van der Waals surface area contributed by atoms with Gasteiger partial charge in [0.15, 0.2) is 5.13 Å². The van der Waals surface area contributed by atoms with E-state index in [-0.39, 0.29) is 18.4 Å². The zero-order valence-corrected chi connectivity index (χ0v) is 17.6. The molecule has 0 radical (unpaired) electrons. The van der Waals surface area contributed by atoms with Crippen molar-refractivity contribution in [3.63, 3.8) is 0 Å². The van der Waals surface area contributed by atoms with Crippen molar-refractivity contribution in [1.82, 2.24) is 9.88 Å². The first-order valence-electron chi connectivity index (χ1n) is 6.94. The number of rotatable bonds is 5. The van der Waals surface area contributed by atoms with Crippen molar-refractivity contribution in [3.05, 3.63) is 42.6 Å². The highest BCUT2D eigenvalue weighted by atomic mass is 79.9. The number of nitrogens with one attached hydrogen (secondary N) is 1. The Bertz CT molecular complexity index is 921. The summed E-state index contributed by atoms with van der Waals surface area (Å²) in [4.78, 5) is 31.7. The average molecular weight is 477 g/mol. The van der Waals surface area contributed by atoms with Crippen molar-refractivity contribution in [2.45, 2.75) is 0 Å². The molecule has 25 heavy (non-hydrogen) atoms. The minimum Gasteiger partial charge on any atom is -0.332 e. The molecule has 130 valence electrons. The van der Waals surface area contributed by atoms with Crippen molar-refractivity contribution < 1.29 is 9.59 Å². The van der Waals surface area contributed by atoms with E-state index in [1.54, 1.807) is 19.2 Å². The van der Waals surface area contributed by atoms with Gasteiger partial charge in [-0.25, -0.2) is 4.98 Å². The number of carbonyl (C=O) groups excluding carboxylic acids is 2. The van der Waals surface area contributed by atoms with E-state index in [4.69, 9.17) is 11.6 Å². The van der Waals surface area contributed by atoms with Crippen LogP contribution in [0.5, 0.6) is 0 Å². The first-order valence-corrected chi connectivity index (χ1v) is 10.6. The van der Waals surface area contributed by atoms with E-state index in [0.717, 1.165) is 14.4 Å². The van der Waals surface area contributed by atoms with E-state index >= 15 is 0 Å². The highest BCUT2D eigenvalue weighted by Gasteiger charge is 2.17. The predicted molar refractivity (Wildman–Crippen MR) is 108 cm³/mol. The Morgan fingerprint density at radius 2 is 2.08 bits per heavy atom. The number of nitrogens with zero attached hydrogens (tertiary/aromatic N) is 2. The number of thiophene rings is 2. The molecular weight excluding hydrogens is 466 g/mol. The Kier molecular flexibility index (Phi) is 5.90. The van der Waals surface area contributed by atoms with Gasteiger partial charge in [0.1, 0.15) is 0 Å². The molecule has 10 heteroatoms. The third-order valence-electron chi connectivity index (χ3n) is 3.09. The van der Waals surface area contributed by atoms with Crippen LogP contribution < -0.4 is 5.32 Å². The molecule has 0 saturated heterocycles. The number of hydrogen-bond acceptors (Lipinski definition) is 6. The summed E-state index contributed by atoms with van der Waals surface area (Å²) < 4.78 is 1.56. The molecule has 0 aliphatic carbocycles. The molecule has 2 amide bonds. The molecule has 0 atom stereocenters. The zero-order valence-electron chi connectivity index (χ0n) is 12.8. The molecule has 0 aromatic carbocycles. The van der Waals surface area contributed by atoms with Gasteiger partial charge in [-0.15, -0.1) is 34.0 Å². The molecule has 5 nitrogen and oxygen atoms in total. The fourth-order valence-electron chi connectivity index (χ4n) is 1.96. The highest BCUT2D eigenvalue weighted by molar-refractivity contribution is 9.11. The third-order valence-corrected chi connectivity index (χ3v) is 6.71. The summed E-state index contributed by atoms with van der Waals surface area (Å²) in [6.07, 6.45) is 0. The standard InChI is InChI=1S/C15H11BrClN3O2S3/c1-20(14(22)10-2-4-11(16)24-10)6-13(21)19-15-18-8(7-23-15)9-3-5-12(17)25-9/h2-5,7H,6H2,1H3,(H,18,19,21). The highest BCUT2D eigenvalue weighted by Crippen LogP contribution is 2.32. The van der Waals surface area contributed by atoms with E-state index in [1.807, 2.05) is 17.5 Å². The van der Waals surface area contributed by atoms with Crippen LogP contribution in [0.25, 0.3) is 10.6 Å². The second-order valence-electron chi connectivity index (χ2n) is 4.95. The van der Waals surface area contributed by atoms with Crippen molar-refractivity contribution in [1.29, 1.82) is 0 Å². The summed E-state index contributed by atoms with van der Waals surface area (Å²) in [6.45, 7) is -0.0475. The van der Waals surface area contributed by atoms with Crippen LogP contribution in [0, 0.1) is 0 Å². The van der Waals surface area contributed by atoms with Gasteiger partial charge < -0.3 is 10.2 Å². The maximum atomic E-state index is 12.2. The number of amides is 2. The minimum atomic E-state index is -0.295. The van der Waals surface area contributed by atoms with Crippen LogP contribution >= 0.6 is 61.5 Å². The second-order valence-corrected chi connectivity index (χ2v) is 9.99. The lowest BCUT2D eigenvalue weighted by molar-refractivity contribution is -0.116. The van der Waals surface area contributed by atoms with Crippen LogP contribution in [0.3, 0.4) is 0 Å². The van der Waals surface area contributed by atoms with Gasteiger partial charge >= 0.3 is 0 Å². The van der Waals surface area contributed by atoms with Gasteiger partial charge in [-0.05, 0) is 40.2 Å². The van der Waals surface area contributed by atoms with Crippen LogP contribution in [-0.4, -0.2) is 35.3 Å². The Labute approximate surface area is 169 Å². The van der Waals surface area contributed by atoms with E-state index in [0.29, 0.717) is 14.3 Å². The summed E-state index contributed by atoms with van der Waals surface area (Å²) in [5.74, 6) is -0.490. The van der Waals surface area contributed by atoms with Crippen LogP contribution in [0.15, 0.2) is 33.4 Å². The SMILES string of the molecule is CN(CC(=O)Nc1nc(-c2ccc(Cl)s2)cs1)C(=O)c1ccc(Br)s1. The molecule has 0 fully saturated rings. The zero-order chi connectivity index (χ0) is 18.0. The fraction of sp³-hybridized carbons (Fsp3) is 0.133. The summed E-state index contributed by atoms with van der Waals surface area (Å²) in [5.41, 5.74) is 0.769. The smallest absolute Gasteiger partial charge is 0.264 e. The lowest BCUT2D eigenvalue weighted by atomic mass is 10.4. The maximum absolute atomic E-state index is 12.2. The summed E-state index contributed by atoms with van der Waals surface area (Å²) in [5, 5.41) is 5.07. The largest absolute Gasteiger partial charge is 0.332 e. The van der Waals surface area contributed by atoms with Crippen molar-refractivity contribution in [2.24, 2.45) is 0 Å². The number of anilines is 1. The number of carbonyl (C=O) groups is 2. The number of likely N-dealkylation sites (N-methyl/N-ethyl adjacent to an activating group) is 1. The Balaban J connectivity index is 1.59. The first kappa shape index (κ1) is 18.5. The summed E-state index contributed by atoms with van der Waals surface area (Å²) in [7, 11) is 1.59. The topological polar surface area (TPSA) is 62.3 Å². The lowest BCUT2D eigenvalue weighted by Crippen LogP contribution is -2.34. The van der Waals surface area contributed by atoms with Gasteiger partial charge in [0.05, 0.1) is 30.1 Å². The van der Waals surface area contributed by atoms with Gasteiger partial charge in [-0.1, -0.05) is 11.6 Å². The van der Waals surface area contributed by atoms with Crippen LogP contribution in [-0.2, 0) is 4.79 Å². The molecule has 0 aliphatic rings. The predicted octanol–water partition coefficient (Wildman–Crippen LogP) is 5.06. The normalized spacial score (nSPS) is 10.7. The quantitative estimate of drug-likeness (QED) is 0.560. The van der Waals surface area contributed by atoms with E-state index in [9.17, 15) is 9.59 Å². The number of hydrogen-bond donors (Lipinski definition) is 1. The second kappa shape index (κ2) is 7.96. The summed E-state index contributed by atoms with van der Waals surface area (Å²) >= 11 is 13.3. The Morgan fingerprint density at radius 1 is 1.28 bits per heavy atom. The van der Waals surface area contributed by atoms with Crippen LogP contribution in [0.2, 0.25) is 4.34 Å². The molecule has 1 N–H and O–H groups in total.